The maximum atomic E-state index is 11.9. The summed E-state index contributed by atoms with van der Waals surface area (Å²) in [6.45, 7) is 2.14. The molecular formula is C16H17N3O3. The van der Waals surface area contributed by atoms with Gasteiger partial charge in [-0.1, -0.05) is 31.2 Å². The number of nitrogens with one attached hydrogen (secondary N) is 2. The maximum absolute atomic E-state index is 11.9. The van der Waals surface area contributed by atoms with E-state index in [-0.39, 0.29) is 18.1 Å². The molecule has 2 aromatic rings. The number of nitro groups is 1. The zero-order valence-corrected chi connectivity index (χ0v) is 12.2. The van der Waals surface area contributed by atoms with Crippen LogP contribution in [0.25, 0.3) is 0 Å². The van der Waals surface area contributed by atoms with Crippen LogP contribution in [0, 0.1) is 10.1 Å². The number of anilines is 2. The Morgan fingerprint density at radius 2 is 1.95 bits per heavy atom. The minimum atomic E-state index is -0.495. The Bertz CT molecular complexity index is 686. The lowest BCUT2D eigenvalue weighted by molar-refractivity contribution is -0.384. The van der Waals surface area contributed by atoms with Crippen molar-refractivity contribution >= 4 is 23.0 Å². The van der Waals surface area contributed by atoms with E-state index in [1.54, 1.807) is 6.07 Å². The predicted molar refractivity (Wildman–Crippen MR) is 86.0 cm³/mol. The molecule has 0 aliphatic heterocycles. The highest BCUT2D eigenvalue weighted by Crippen LogP contribution is 2.17. The lowest BCUT2D eigenvalue weighted by atomic mass is 10.1. The summed E-state index contributed by atoms with van der Waals surface area (Å²) >= 11 is 0. The van der Waals surface area contributed by atoms with Gasteiger partial charge in [0, 0.05) is 23.5 Å². The molecular weight excluding hydrogens is 282 g/mol. The number of carbonyl (C=O) groups excluding carboxylic acids is 1. The average Bonchev–Trinajstić information content (AvgIpc) is 2.53. The number of benzene rings is 2. The number of para-hydroxylation sites is 1. The molecule has 0 bridgehead atoms. The van der Waals surface area contributed by atoms with E-state index in [1.807, 2.05) is 31.2 Å². The van der Waals surface area contributed by atoms with Crippen molar-refractivity contribution in [3.63, 3.8) is 0 Å². The van der Waals surface area contributed by atoms with Gasteiger partial charge in [-0.3, -0.25) is 14.9 Å². The topological polar surface area (TPSA) is 84.3 Å². The smallest absolute Gasteiger partial charge is 0.271 e. The normalized spacial score (nSPS) is 10.0. The maximum Gasteiger partial charge on any atom is 0.271 e. The van der Waals surface area contributed by atoms with Crippen molar-refractivity contribution < 1.29 is 9.72 Å². The summed E-state index contributed by atoms with van der Waals surface area (Å²) in [5.41, 5.74) is 2.40. The number of nitrogens with zero attached hydrogens (tertiary/aromatic N) is 1. The van der Waals surface area contributed by atoms with Gasteiger partial charge in [0.2, 0.25) is 5.91 Å². The third-order valence-electron chi connectivity index (χ3n) is 3.18. The molecule has 6 nitrogen and oxygen atoms in total. The molecule has 0 fully saturated rings. The molecule has 0 heterocycles. The molecule has 114 valence electrons. The first kappa shape index (κ1) is 15.5. The van der Waals surface area contributed by atoms with Gasteiger partial charge in [-0.25, -0.2) is 0 Å². The van der Waals surface area contributed by atoms with Crippen LogP contribution < -0.4 is 10.6 Å². The zero-order chi connectivity index (χ0) is 15.9. The van der Waals surface area contributed by atoms with Gasteiger partial charge in [0.25, 0.3) is 5.69 Å². The van der Waals surface area contributed by atoms with E-state index in [9.17, 15) is 14.9 Å². The Labute approximate surface area is 128 Å². The van der Waals surface area contributed by atoms with Gasteiger partial charge in [-0.05, 0) is 24.1 Å². The van der Waals surface area contributed by atoms with Gasteiger partial charge in [0.1, 0.15) is 0 Å². The largest absolute Gasteiger partial charge is 0.376 e. The van der Waals surface area contributed by atoms with Crippen LogP contribution in [-0.4, -0.2) is 17.4 Å². The summed E-state index contributed by atoms with van der Waals surface area (Å²) in [4.78, 5) is 22.1. The second kappa shape index (κ2) is 7.21. The Morgan fingerprint density at radius 1 is 1.18 bits per heavy atom. The van der Waals surface area contributed by atoms with Crippen LogP contribution in [-0.2, 0) is 11.2 Å². The molecule has 0 aliphatic rings. The van der Waals surface area contributed by atoms with E-state index in [4.69, 9.17) is 0 Å². The third kappa shape index (κ3) is 4.05. The third-order valence-corrected chi connectivity index (χ3v) is 3.18. The molecule has 0 aromatic heterocycles. The first-order valence-electron chi connectivity index (χ1n) is 6.96. The summed E-state index contributed by atoms with van der Waals surface area (Å²) in [6, 6.07) is 13.6. The number of aryl methyl sites for hydroxylation is 1. The van der Waals surface area contributed by atoms with E-state index in [0.29, 0.717) is 5.69 Å². The molecule has 2 N–H and O–H groups in total. The van der Waals surface area contributed by atoms with Crippen molar-refractivity contribution in [3.05, 3.63) is 64.2 Å². The van der Waals surface area contributed by atoms with Crippen molar-refractivity contribution in [3.8, 4) is 0 Å². The van der Waals surface area contributed by atoms with Crippen molar-refractivity contribution in [2.75, 3.05) is 17.2 Å². The quantitative estimate of drug-likeness (QED) is 0.633. The van der Waals surface area contributed by atoms with E-state index in [0.717, 1.165) is 17.7 Å². The highest BCUT2D eigenvalue weighted by molar-refractivity contribution is 5.94. The fourth-order valence-electron chi connectivity index (χ4n) is 2.08. The number of non-ortho nitro benzene ring substituents is 1. The highest BCUT2D eigenvalue weighted by atomic mass is 16.6. The molecule has 22 heavy (non-hydrogen) atoms. The minimum Gasteiger partial charge on any atom is -0.376 e. The fraction of sp³-hybridized carbons (Fsp3) is 0.188. The number of nitro benzene ring substituents is 1. The van der Waals surface area contributed by atoms with Gasteiger partial charge in [-0.15, -0.1) is 0 Å². The van der Waals surface area contributed by atoms with Gasteiger partial charge < -0.3 is 10.6 Å². The van der Waals surface area contributed by atoms with E-state index in [2.05, 4.69) is 10.6 Å². The van der Waals surface area contributed by atoms with E-state index >= 15 is 0 Å². The van der Waals surface area contributed by atoms with Crippen molar-refractivity contribution in [2.24, 2.45) is 0 Å². The molecule has 2 aromatic carbocycles. The number of hydrogen-bond donors (Lipinski definition) is 2. The summed E-state index contributed by atoms with van der Waals surface area (Å²) < 4.78 is 0. The SMILES string of the molecule is CCc1ccccc1NCC(=O)Nc1cccc([N+](=O)[O-])c1. The lowest BCUT2D eigenvalue weighted by Gasteiger charge is -2.11. The minimum absolute atomic E-state index is 0.0536. The van der Waals surface area contributed by atoms with Gasteiger partial charge in [0.15, 0.2) is 0 Å². The first-order valence-corrected chi connectivity index (χ1v) is 6.96. The number of amides is 1. The summed E-state index contributed by atoms with van der Waals surface area (Å²) in [7, 11) is 0. The Morgan fingerprint density at radius 3 is 2.68 bits per heavy atom. The van der Waals surface area contributed by atoms with Crippen molar-refractivity contribution in [2.45, 2.75) is 13.3 Å². The van der Waals surface area contributed by atoms with Gasteiger partial charge in [-0.2, -0.15) is 0 Å². The van der Waals surface area contributed by atoms with Crippen molar-refractivity contribution in [1.29, 1.82) is 0 Å². The van der Waals surface area contributed by atoms with Crippen LogP contribution in [0.4, 0.5) is 17.1 Å². The Balaban J connectivity index is 1.96. The summed E-state index contributed by atoms with van der Waals surface area (Å²) in [5.74, 6) is -0.258. The fourth-order valence-corrected chi connectivity index (χ4v) is 2.08. The number of carbonyl (C=O) groups is 1. The average molecular weight is 299 g/mol. The molecule has 0 saturated carbocycles. The van der Waals surface area contributed by atoms with Crippen molar-refractivity contribution in [1.82, 2.24) is 0 Å². The molecule has 0 saturated heterocycles. The summed E-state index contributed by atoms with van der Waals surface area (Å²) in [5, 5.41) is 16.4. The molecule has 6 heteroatoms. The molecule has 0 radical (unpaired) electrons. The monoisotopic (exact) mass is 299 g/mol. The molecule has 0 unspecified atom stereocenters. The number of hydrogen-bond acceptors (Lipinski definition) is 4. The van der Waals surface area contributed by atoms with Crippen LogP contribution in [0.15, 0.2) is 48.5 Å². The Hall–Kier alpha value is -2.89. The predicted octanol–water partition coefficient (Wildman–Crippen LogP) is 3.21. The zero-order valence-electron chi connectivity index (χ0n) is 12.2. The molecule has 0 atom stereocenters. The molecule has 0 aliphatic carbocycles. The summed E-state index contributed by atoms with van der Waals surface area (Å²) in [6.07, 6.45) is 0.871. The second-order valence-electron chi connectivity index (χ2n) is 4.72. The highest BCUT2D eigenvalue weighted by Gasteiger charge is 2.08. The van der Waals surface area contributed by atoms with Gasteiger partial charge in [0.05, 0.1) is 11.5 Å². The van der Waals surface area contributed by atoms with Crippen LogP contribution in [0.1, 0.15) is 12.5 Å². The Kier molecular flexibility index (Phi) is 5.08. The van der Waals surface area contributed by atoms with Crippen LogP contribution in [0.3, 0.4) is 0 Å². The standard InChI is InChI=1S/C16H17N3O3/c1-2-12-6-3-4-9-15(12)17-11-16(20)18-13-7-5-8-14(10-13)19(21)22/h3-10,17H,2,11H2,1H3,(H,18,20). The first-order chi connectivity index (χ1) is 10.6. The molecule has 2 rings (SSSR count). The van der Waals surface area contributed by atoms with Gasteiger partial charge >= 0.3 is 0 Å². The van der Waals surface area contributed by atoms with Crippen LogP contribution in [0.2, 0.25) is 0 Å². The van der Waals surface area contributed by atoms with Crippen LogP contribution in [0.5, 0.6) is 0 Å². The lowest BCUT2D eigenvalue weighted by Crippen LogP contribution is -2.22. The van der Waals surface area contributed by atoms with E-state index in [1.165, 1.54) is 18.2 Å². The van der Waals surface area contributed by atoms with Crippen LogP contribution >= 0.6 is 0 Å². The second-order valence-corrected chi connectivity index (χ2v) is 4.72. The molecule has 1 amide bonds. The number of rotatable bonds is 6. The van der Waals surface area contributed by atoms with E-state index < -0.39 is 4.92 Å². The molecule has 0 spiro atoms.